The quantitative estimate of drug-likeness (QED) is 0.172. The van der Waals surface area contributed by atoms with E-state index in [-0.39, 0.29) is 48.0 Å². The van der Waals surface area contributed by atoms with Gasteiger partial charge in [-0.3, -0.25) is 34.1 Å². The molecule has 3 aliphatic rings. The van der Waals surface area contributed by atoms with Crippen LogP contribution in [0.4, 0.5) is 5.69 Å². The van der Waals surface area contributed by atoms with Crippen molar-refractivity contribution in [2.75, 3.05) is 6.54 Å². The zero-order valence-corrected chi connectivity index (χ0v) is 20.6. The zero-order chi connectivity index (χ0) is 27.0. The third-order valence-electron chi connectivity index (χ3n) is 6.32. The number of β-lactam (4-membered cyclic amide) rings is 1. The van der Waals surface area contributed by atoms with Gasteiger partial charge in [0.25, 0.3) is 11.6 Å². The van der Waals surface area contributed by atoms with E-state index in [1.807, 2.05) is 0 Å². The molecule has 0 saturated carbocycles. The number of benzene rings is 1. The van der Waals surface area contributed by atoms with Crippen molar-refractivity contribution in [3.63, 3.8) is 0 Å². The summed E-state index contributed by atoms with van der Waals surface area (Å²) < 4.78 is 6.93. The molecule has 0 aliphatic carbocycles. The van der Waals surface area contributed by atoms with E-state index in [4.69, 9.17) is 4.74 Å². The van der Waals surface area contributed by atoms with Crippen LogP contribution in [0.1, 0.15) is 29.8 Å². The normalized spacial score (nSPS) is 18.9. The molecular formula is C24H21N5O8S. The maximum atomic E-state index is 12.7. The number of fused-ring (bicyclic) bond motifs is 2. The van der Waals surface area contributed by atoms with Crippen LogP contribution >= 0.6 is 11.8 Å². The first kappa shape index (κ1) is 25.2. The summed E-state index contributed by atoms with van der Waals surface area (Å²) in [4.78, 5) is 61.5. The molecule has 5 rings (SSSR count). The van der Waals surface area contributed by atoms with Crippen LogP contribution in [0.2, 0.25) is 0 Å². The van der Waals surface area contributed by atoms with Crippen molar-refractivity contribution < 1.29 is 33.9 Å². The number of nitro groups is 1. The number of carboxylic acids is 1. The standard InChI is InChI=1S/C24H21N5O8S/c30-20(5-6-21(31)37-12-14-1-3-16(4-2-14)29(35)36)26-7-8-27-17(11-26)9-15(25-27)10-18-22(32)28-19(24(33)34)13-38-23(18)28/h1-4,9-10,13,23H,5-8,11-12H2,(H,33,34)/b18-10-. The van der Waals surface area contributed by atoms with Gasteiger partial charge >= 0.3 is 11.9 Å². The van der Waals surface area contributed by atoms with E-state index >= 15 is 0 Å². The van der Waals surface area contributed by atoms with Gasteiger partial charge in [-0.2, -0.15) is 5.10 Å². The Hall–Kier alpha value is -4.46. The highest BCUT2D eigenvalue weighted by Crippen LogP contribution is 2.45. The predicted octanol–water partition coefficient (Wildman–Crippen LogP) is 1.88. The number of esters is 1. The molecule has 1 saturated heterocycles. The molecule has 0 radical (unpaired) electrons. The number of carboxylic acid groups (broad SMARTS) is 1. The lowest BCUT2D eigenvalue weighted by atomic mass is 10.0. The molecule has 4 heterocycles. The molecule has 1 N–H and O–H groups in total. The molecule has 1 unspecified atom stereocenters. The van der Waals surface area contributed by atoms with Crippen LogP contribution in [0.15, 0.2) is 47.0 Å². The van der Waals surface area contributed by atoms with Gasteiger partial charge in [-0.1, -0.05) is 0 Å². The maximum absolute atomic E-state index is 12.7. The van der Waals surface area contributed by atoms with Gasteiger partial charge < -0.3 is 14.7 Å². The number of rotatable bonds is 8. The molecule has 38 heavy (non-hydrogen) atoms. The Labute approximate surface area is 219 Å². The van der Waals surface area contributed by atoms with Crippen LogP contribution < -0.4 is 0 Å². The molecule has 14 heteroatoms. The Kier molecular flexibility index (Phi) is 6.72. The average molecular weight is 540 g/mol. The Bertz CT molecular complexity index is 1410. The highest BCUT2D eigenvalue weighted by atomic mass is 32.2. The van der Waals surface area contributed by atoms with E-state index in [0.29, 0.717) is 36.5 Å². The van der Waals surface area contributed by atoms with Gasteiger partial charge in [0.1, 0.15) is 17.7 Å². The largest absolute Gasteiger partial charge is 0.477 e. The lowest BCUT2D eigenvalue weighted by molar-refractivity contribution is -0.384. The second kappa shape index (κ2) is 10.1. The fourth-order valence-electron chi connectivity index (χ4n) is 4.31. The van der Waals surface area contributed by atoms with Crippen LogP contribution in [0, 0.1) is 10.1 Å². The van der Waals surface area contributed by atoms with Crippen LogP contribution in [0.25, 0.3) is 6.08 Å². The molecule has 2 aromatic rings. The first-order valence-electron chi connectivity index (χ1n) is 11.6. The van der Waals surface area contributed by atoms with Crippen molar-refractivity contribution in [2.24, 2.45) is 0 Å². The number of carbonyl (C=O) groups is 4. The number of ether oxygens (including phenoxy) is 1. The first-order chi connectivity index (χ1) is 18.2. The SMILES string of the molecule is O=C(CCC(=O)N1CCn2nc(/C=C3/C(=O)N4C(C(=O)O)=CSC34)cc2C1)OCc1ccc([N+](=O)[O-])cc1. The second-order valence-corrected chi connectivity index (χ2v) is 9.71. The number of thioether (sulfide) groups is 1. The average Bonchev–Trinajstić information content (AvgIpc) is 3.50. The van der Waals surface area contributed by atoms with Crippen LogP contribution in [-0.2, 0) is 43.6 Å². The van der Waals surface area contributed by atoms with E-state index in [1.165, 1.54) is 46.3 Å². The molecule has 3 aliphatic heterocycles. The third-order valence-corrected chi connectivity index (χ3v) is 7.40. The molecular weight excluding hydrogens is 518 g/mol. The minimum atomic E-state index is -1.15. The van der Waals surface area contributed by atoms with Crippen LogP contribution in [-0.4, -0.2) is 65.3 Å². The fourth-order valence-corrected chi connectivity index (χ4v) is 5.43. The summed E-state index contributed by atoms with van der Waals surface area (Å²) in [5.74, 6) is -2.26. The fraction of sp³-hybridized carbons (Fsp3) is 0.292. The van der Waals surface area contributed by atoms with Crippen molar-refractivity contribution in [1.82, 2.24) is 19.6 Å². The minimum absolute atomic E-state index is 0.0215. The number of hydrogen-bond donors (Lipinski definition) is 1. The van der Waals surface area contributed by atoms with E-state index in [0.717, 1.165) is 5.69 Å². The van der Waals surface area contributed by atoms with Crippen molar-refractivity contribution in [1.29, 1.82) is 0 Å². The summed E-state index contributed by atoms with van der Waals surface area (Å²) in [6.07, 6.45) is 1.53. The number of carbonyl (C=O) groups excluding carboxylic acids is 3. The zero-order valence-electron chi connectivity index (χ0n) is 19.8. The van der Waals surface area contributed by atoms with Crippen LogP contribution in [0.3, 0.4) is 0 Å². The molecule has 196 valence electrons. The number of hydrogen-bond acceptors (Lipinski definition) is 9. The third kappa shape index (κ3) is 4.89. The summed E-state index contributed by atoms with van der Waals surface area (Å²) in [5.41, 5.74) is 2.32. The number of nitro benzene ring substituents is 1. The van der Waals surface area contributed by atoms with Crippen molar-refractivity contribution in [3.05, 3.63) is 74.1 Å². The molecule has 1 aromatic heterocycles. The Balaban J connectivity index is 1.11. The van der Waals surface area contributed by atoms with Gasteiger partial charge in [0.15, 0.2) is 0 Å². The van der Waals surface area contributed by atoms with Crippen molar-refractivity contribution in [2.45, 2.75) is 37.9 Å². The van der Waals surface area contributed by atoms with Gasteiger partial charge in [0, 0.05) is 30.5 Å². The lowest BCUT2D eigenvalue weighted by Gasteiger charge is -2.36. The maximum Gasteiger partial charge on any atom is 0.353 e. The van der Waals surface area contributed by atoms with E-state index in [9.17, 15) is 34.4 Å². The molecule has 1 fully saturated rings. The number of nitrogens with zero attached hydrogens (tertiary/aromatic N) is 5. The Morgan fingerprint density at radius 3 is 2.68 bits per heavy atom. The van der Waals surface area contributed by atoms with Gasteiger partial charge in [-0.25, -0.2) is 4.79 Å². The van der Waals surface area contributed by atoms with Crippen LogP contribution in [0.5, 0.6) is 0 Å². The first-order valence-corrected chi connectivity index (χ1v) is 12.5. The summed E-state index contributed by atoms with van der Waals surface area (Å²) in [7, 11) is 0. The topological polar surface area (TPSA) is 165 Å². The van der Waals surface area contributed by atoms with Gasteiger partial charge in [0.2, 0.25) is 5.91 Å². The van der Waals surface area contributed by atoms with Gasteiger partial charge in [-0.05, 0) is 29.8 Å². The lowest BCUT2D eigenvalue weighted by Crippen LogP contribution is -2.51. The Morgan fingerprint density at radius 2 is 1.97 bits per heavy atom. The number of aromatic nitrogens is 2. The smallest absolute Gasteiger partial charge is 0.353 e. The van der Waals surface area contributed by atoms with Gasteiger partial charge in [0.05, 0.1) is 41.4 Å². The second-order valence-electron chi connectivity index (χ2n) is 8.75. The minimum Gasteiger partial charge on any atom is -0.477 e. The summed E-state index contributed by atoms with van der Waals surface area (Å²) in [6.45, 7) is 1.13. The molecule has 2 amide bonds. The highest BCUT2D eigenvalue weighted by molar-refractivity contribution is 8.03. The summed E-state index contributed by atoms with van der Waals surface area (Å²) in [5, 5.41) is 25.5. The Morgan fingerprint density at radius 1 is 1.21 bits per heavy atom. The highest BCUT2D eigenvalue weighted by Gasteiger charge is 2.49. The van der Waals surface area contributed by atoms with Gasteiger partial charge in [-0.15, -0.1) is 11.8 Å². The number of amides is 2. The van der Waals surface area contributed by atoms with E-state index < -0.39 is 16.9 Å². The monoisotopic (exact) mass is 539 g/mol. The molecule has 1 aromatic carbocycles. The molecule has 1 atom stereocenters. The molecule has 0 bridgehead atoms. The molecule has 13 nitrogen and oxygen atoms in total. The van der Waals surface area contributed by atoms with Crippen molar-refractivity contribution in [3.8, 4) is 0 Å². The number of aliphatic carboxylic acids is 1. The summed E-state index contributed by atoms with van der Waals surface area (Å²) in [6, 6.07) is 7.45. The molecule has 0 spiro atoms. The van der Waals surface area contributed by atoms with E-state index in [1.54, 1.807) is 21.7 Å². The predicted molar refractivity (Wildman–Crippen MR) is 132 cm³/mol. The summed E-state index contributed by atoms with van der Waals surface area (Å²) >= 11 is 1.25. The number of non-ortho nitro benzene ring substituents is 1. The van der Waals surface area contributed by atoms with E-state index in [2.05, 4.69) is 5.10 Å². The van der Waals surface area contributed by atoms with Crippen molar-refractivity contribution >= 4 is 47.3 Å².